The molecule has 3 aromatic rings. The number of pyridine rings is 1. The van der Waals surface area contributed by atoms with E-state index < -0.39 is 29.7 Å². The number of aliphatic hydroxyl groups is 1. The largest absolute Gasteiger partial charge is 0.368 e. The standard InChI is InChI=1S/C18H15F2N5O3S/c1-25-9-17(19,20)18(27,15(25)26)14-8-13(24-28-14)11-5-3-4-10(22-11)12-6-7-21-16(23-12)29-2/h3-8,27H,9H2,1-2H3/t18-/m1/s1. The van der Waals surface area contributed by atoms with E-state index in [1.165, 1.54) is 18.8 Å². The van der Waals surface area contributed by atoms with Gasteiger partial charge in [0.1, 0.15) is 5.69 Å². The fraction of sp³-hybridized carbons (Fsp3) is 0.278. The van der Waals surface area contributed by atoms with Crippen LogP contribution in [0.15, 0.2) is 46.2 Å². The molecule has 150 valence electrons. The van der Waals surface area contributed by atoms with Crippen LogP contribution < -0.4 is 0 Å². The quantitative estimate of drug-likeness (QED) is 0.507. The summed E-state index contributed by atoms with van der Waals surface area (Å²) in [6, 6.07) is 7.83. The zero-order valence-electron chi connectivity index (χ0n) is 15.3. The van der Waals surface area contributed by atoms with Crippen LogP contribution in [0.1, 0.15) is 5.76 Å². The molecule has 1 saturated heterocycles. The Bertz CT molecular complexity index is 1090. The van der Waals surface area contributed by atoms with Gasteiger partial charge in [-0.05, 0) is 24.5 Å². The summed E-state index contributed by atoms with van der Waals surface area (Å²) in [5, 5.41) is 14.8. The Morgan fingerprint density at radius 1 is 1.17 bits per heavy atom. The fourth-order valence-electron chi connectivity index (χ4n) is 3.07. The van der Waals surface area contributed by atoms with Gasteiger partial charge in [-0.25, -0.2) is 23.7 Å². The van der Waals surface area contributed by atoms with Gasteiger partial charge in [0, 0.05) is 19.3 Å². The number of carbonyl (C=O) groups excluding carboxylic acids is 1. The molecular formula is C18H15F2N5O3S. The molecule has 1 aliphatic heterocycles. The van der Waals surface area contributed by atoms with Crippen molar-refractivity contribution in [3.63, 3.8) is 0 Å². The molecule has 8 nitrogen and oxygen atoms in total. The molecule has 29 heavy (non-hydrogen) atoms. The third kappa shape index (κ3) is 3.06. The molecule has 0 bridgehead atoms. The third-order valence-corrected chi connectivity index (χ3v) is 5.14. The lowest BCUT2D eigenvalue weighted by molar-refractivity contribution is -0.179. The Balaban J connectivity index is 1.71. The summed E-state index contributed by atoms with van der Waals surface area (Å²) < 4.78 is 33.6. The number of hydrogen-bond acceptors (Lipinski definition) is 8. The molecule has 1 aliphatic rings. The predicted octanol–water partition coefficient (Wildman–Crippen LogP) is 2.21. The summed E-state index contributed by atoms with van der Waals surface area (Å²) in [5.74, 6) is -5.51. The highest BCUT2D eigenvalue weighted by Gasteiger charge is 2.68. The van der Waals surface area contributed by atoms with Crippen LogP contribution in [-0.4, -0.2) is 61.8 Å². The van der Waals surface area contributed by atoms with E-state index >= 15 is 0 Å². The van der Waals surface area contributed by atoms with Crippen molar-refractivity contribution in [2.75, 3.05) is 19.8 Å². The van der Waals surface area contributed by atoms with Crippen LogP contribution in [0.25, 0.3) is 22.8 Å². The van der Waals surface area contributed by atoms with Crippen LogP contribution in [0.5, 0.6) is 0 Å². The number of likely N-dealkylation sites (N-methyl/N-ethyl adjacent to an activating group) is 1. The molecule has 0 spiro atoms. The van der Waals surface area contributed by atoms with Crippen molar-refractivity contribution in [2.45, 2.75) is 16.7 Å². The highest BCUT2D eigenvalue weighted by molar-refractivity contribution is 7.98. The van der Waals surface area contributed by atoms with Crippen LogP contribution >= 0.6 is 11.8 Å². The van der Waals surface area contributed by atoms with E-state index in [2.05, 4.69) is 20.1 Å². The van der Waals surface area contributed by atoms with Gasteiger partial charge in [-0.2, -0.15) is 0 Å². The number of carbonyl (C=O) groups is 1. The molecule has 1 atom stereocenters. The first kappa shape index (κ1) is 19.4. The van der Waals surface area contributed by atoms with E-state index in [1.54, 1.807) is 30.5 Å². The summed E-state index contributed by atoms with van der Waals surface area (Å²) >= 11 is 1.38. The van der Waals surface area contributed by atoms with Crippen LogP contribution in [0.4, 0.5) is 8.78 Å². The van der Waals surface area contributed by atoms with Crippen molar-refractivity contribution < 1.29 is 23.2 Å². The second kappa shape index (κ2) is 6.85. The van der Waals surface area contributed by atoms with E-state index in [1.807, 2.05) is 6.26 Å². The fourth-order valence-corrected chi connectivity index (χ4v) is 3.43. The van der Waals surface area contributed by atoms with Gasteiger partial charge in [-0.3, -0.25) is 4.79 Å². The van der Waals surface area contributed by atoms with Gasteiger partial charge in [-0.15, -0.1) is 0 Å². The monoisotopic (exact) mass is 419 g/mol. The highest BCUT2D eigenvalue weighted by Crippen LogP contribution is 2.45. The van der Waals surface area contributed by atoms with Gasteiger partial charge in [-0.1, -0.05) is 23.0 Å². The molecule has 1 N–H and O–H groups in total. The second-order valence-corrected chi connectivity index (χ2v) is 7.26. The Morgan fingerprint density at radius 2 is 1.86 bits per heavy atom. The number of likely N-dealkylation sites (tertiary alicyclic amines) is 1. The zero-order valence-corrected chi connectivity index (χ0v) is 16.2. The van der Waals surface area contributed by atoms with Gasteiger partial charge in [0.05, 0.1) is 23.6 Å². The number of rotatable bonds is 4. The van der Waals surface area contributed by atoms with Crippen molar-refractivity contribution in [1.29, 1.82) is 0 Å². The molecule has 4 heterocycles. The first-order valence-electron chi connectivity index (χ1n) is 8.44. The molecule has 3 aromatic heterocycles. The lowest BCUT2D eigenvalue weighted by Crippen LogP contribution is -2.46. The highest BCUT2D eigenvalue weighted by atomic mass is 32.2. The number of aromatic nitrogens is 4. The summed E-state index contributed by atoms with van der Waals surface area (Å²) in [6.45, 7) is -0.919. The van der Waals surface area contributed by atoms with Crippen LogP contribution in [0.2, 0.25) is 0 Å². The van der Waals surface area contributed by atoms with Gasteiger partial charge >= 0.3 is 5.92 Å². The molecule has 11 heteroatoms. The average Bonchev–Trinajstić information content (AvgIpc) is 3.27. The van der Waals surface area contributed by atoms with E-state index in [0.29, 0.717) is 22.2 Å². The van der Waals surface area contributed by atoms with E-state index in [0.717, 1.165) is 11.0 Å². The molecular weight excluding hydrogens is 404 g/mol. The Morgan fingerprint density at radius 3 is 2.52 bits per heavy atom. The molecule has 1 fully saturated rings. The summed E-state index contributed by atoms with van der Waals surface area (Å²) in [7, 11) is 1.18. The van der Waals surface area contributed by atoms with Gasteiger partial charge in [0.25, 0.3) is 11.5 Å². The topological polar surface area (TPSA) is 105 Å². The normalized spacial score (nSPS) is 21.0. The molecule has 0 unspecified atom stereocenters. The number of amides is 1. The maximum atomic E-state index is 14.3. The number of thioether (sulfide) groups is 1. The number of halogens is 2. The summed E-state index contributed by atoms with van der Waals surface area (Å²) in [4.78, 5) is 25.8. The van der Waals surface area contributed by atoms with Crippen LogP contribution in [0, 0.1) is 0 Å². The molecule has 0 saturated carbocycles. The number of alkyl halides is 2. The van der Waals surface area contributed by atoms with Crippen molar-refractivity contribution in [1.82, 2.24) is 25.0 Å². The molecule has 0 aromatic carbocycles. The minimum atomic E-state index is -3.72. The molecule has 0 aliphatic carbocycles. The maximum Gasteiger partial charge on any atom is 0.309 e. The minimum absolute atomic E-state index is 0.104. The smallest absolute Gasteiger partial charge is 0.309 e. The van der Waals surface area contributed by atoms with E-state index in [9.17, 15) is 18.7 Å². The van der Waals surface area contributed by atoms with E-state index in [-0.39, 0.29) is 5.69 Å². The SMILES string of the molecule is CSc1nccc(-c2cccc(-c3cc([C@@]4(O)C(=O)N(C)CC4(F)F)on3)n2)n1. The zero-order chi connectivity index (χ0) is 20.8. The van der Waals surface area contributed by atoms with E-state index in [4.69, 9.17) is 4.52 Å². The third-order valence-electron chi connectivity index (χ3n) is 4.58. The van der Waals surface area contributed by atoms with Gasteiger partial charge in [0.15, 0.2) is 10.9 Å². The number of hydrogen-bond donors (Lipinski definition) is 1. The molecule has 1 amide bonds. The van der Waals surface area contributed by atoms with Gasteiger partial charge in [0.2, 0.25) is 0 Å². The lowest BCUT2D eigenvalue weighted by atomic mass is 9.95. The second-order valence-electron chi connectivity index (χ2n) is 6.49. The van der Waals surface area contributed by atoms with Crippen molar-refractivity contribution in [3.05, 3.63) is 42.3 Å². The number of nitrogens with zero attached hydrogens (tertiary/aromatic N) is 5. The Kier molecular flexibility index (Phi) is 4.58. The van der Waals surface area contributed by atoms with Crippen LogP contribution in [0.3, 0.4) is 0 Å². The average molecular weight is 419 g/mol. The first-order valence-corrected chi connectivity index (χ1v) is 9.66. The van der Waals surface area contributed by atoms with Crippen molar-refractivity contribution in [2.24, 2.45) is 0 Å². The molecule has 0 radical (unpaired) electrons. The predicted molar refractivity (Wildman–Crippen MR) is 99.0 cm³/mol. The minimum Gasteiger partial charge on any atom is -0.368 e. The Labute approximate surface area is 168 Å². The Hall–Kier alpha value is -2.92. The summed E-state index contributed by atoms with van der Waals surface area (Å²) in [6.07, 6.45) is 3.46. The maximum absolute atomic E-state index is 14.3. The van der Waals surface area contributed by atoms with Crippen LogP contribution in [-0.2, 0) is 10.4 Å². The first-order chi connectivity index (χ1) is 13.8. The van der Waals surface area contributed by atoms with Gasteiger partial charge < -0.3 is 14.5 Å². The van der Waals surface area contributed by atoms with Crippen molar-refractivity contribution >= 4 is 17.7 Å². The lowest BCUT2D eigenvalue weighted by Gasteiger charge is -2.22. The summed E-state index contributed by atoms with van der Waals surface area (Å²) in [5.41, 5.74) is -1.59. The van der Waals surface area contributed by atoms with Crippen molar-refractivity contribution in [3.8, 4) is 22.8 Å². The molecule has 4 rings (SSSR count).